The number of hydrogen-bond acceptors (Lipinski definition) is 4. The molecule has 1 aromatic carbocycles. The van der Waals surface area contributed by atoms with Crippen LogP contribution in [0, 0.1) is 13.8 Å². The zero-order valence-corrected chi connectivity index (χ0v) is 11.1. The first-order valence-electron chi connectivity index (χ1n) is 5.99. The highest BCUT2D eigenvalue weighted by Crippen LogP contribution is 2.19. The van der Waals surface area contributed by atoms with Crippen LogP contribution in [0.3, 0.4) is 0 Å². The average Bonchev–Trinajstić information content (AvgIpc) is 2.37. The number of H-pyrrole nitrogens is 1. The van der Waals surface area contributed by atoms with Gasteiger partial charge in [0.05, 0.1) is 0 Å². The quantitative estimate of drug-likeness (QED) is 0.884. The molecule has 0 aliphatic heterocycles. The fourth-order valence-electron chi connectivity index (χ4n) is 1.79. The van der Waals surface area contributed by atoms with Gasteiger partial charge in [0, 0.05) is 6.07 Å². The fourth-order valence-corrected chi connectivity index (χ4v) is 1.79. The molecule has 0 aliphatic carbocycles. The number of ether oxygens (including phenoxy) is 1. The van der Waals surface area contributed by atoms with Crippen LogP contribution in [0.5, 0.6) is 5.75 Å². The lowest BCUT2D eigenvalue weighted by Gasteiger charge is -2.09. The summed E-state index contributed by atoms with van der Waals surface area (Å²) in [5.41, 5.74) is 1.26. The van der Waals surface area contributed by atoms with Gasteiger partial charge in [-0.2, -0.15) is 0 Å². The van der Waals surface area contributed by atoms with Crippen molar-refractivity contribution in [2.75, 3.05) is 0 Å². The summed E-state index contributed by atoms with van der Waals surface area (Å²) in [6.45, 7) is 3.89. The summed E-state index contributed by atoms with van der Waals surface area (Å²) in [4.78, 5) is 28.4. The number of nitrogens with zero attached hydrogens (tertiary/aromatic N) is 1. The van der Waals surface area contributed by atoms with Crippen molar-refractivity contribution in [2.45, 2.75) is 20.5 Å². The van der Waals surface area contributed by atoms with Crippen molar-refractivity contribution in [3.05, 3.63) is 57.3 Å². The molecule has 1 aromatic heterocycles. The molecule has 0 saturated carbocycles. The minimum absolute atomic E-state index is 0.000259. The van der Waals surface area contributed by atoms with Gasteiger partial charge < -0.3 is 14.8 Å². The van der Waals surface area contributed by atoms with Crippen LogP contribution in [0.2, 0.25) is 0 Å². The standard InChI is InChI=1S/C14H14N2O4/c1-8-3-4-11(9(2)5-8)20-7-12-15-10(14(18)19)6-13(17)16-12/h3-6H,7H2,1-2H3,(H,18,19)(H,15,16,17). The lowest BCUT2D eigenvalue weighted by Crippen LogP contribution is -2.17. The van der Waals surface area contributed by atoms with E-state index in [9.17, 15) is 9.59 Å². The van der Waals surface area contributed by atoms with Crippen LogP contribution in [0.25, 0.3) is 0 Å². The van der Waals surface area contributed by atoms with E-state index in [1.165, 1.54) is 0 Å². The van der Waals surface area contributed by atoms with Crippen molar-refractivity contribution in [3.63, 3.8) is 0 Å². The molecule has 1 heterocycles. The summed E-state index contributed by atoms with van der Waals surface area (Å²) >= 11 is 0. The number of nitrogens with one attached hydrogen (secondary N) is 1. The molecule has 0 saturated heterocycles. The summed E-state index contributed by atoms with van der Waals surface area (Å²) in [6, 6.07) is 6.64. The predicted octanol–water partition coefficient (Wildman–Crippen LogP) is 1.66. The van der Waals surface area contributed by atoms with Gasteiger partial charge in [-0.1, -0.05) is 17.7 Å². The third kappa shape index (κ3) is 3.23. The fraction of sp³-hybridized carbons (Fsp3) is 0.214. The van der Waals surface area contributed by atoms with E-state index in [2.05, 4.69) is 9.97 Å². The second-order valence-electron chi connectivity index (χ2n) is 4.44. The molecule has 2 rings (SSSR count). The van der Waals surface area contributed by atoms with Crippen molar-refractivity contribution >= 4 is 5.97 Å². The molecule has 6 nitrogen and oxygen atoms in total. The van der Waals surface area contributed by atoms with Crippen LogP contribution in [0.15, 0.2) is 29.1 Å². The van der Waals surface area contributed by atoms with Crippen molar-refractivity contribution in [3.8, 4) is 5.75 Å². The Balaban J connectivity index is 2.18. The first-order valence-corrected chi connectivity index (χ1v) is 5.99. The molecule has 0 atom stereocenters. The molecule has 0 spiro atoms. The zero-order chi connectivity index (χ0) is 14.7. The van der Waals surface area contributed by atoms with Crippen molar-refractivity contribution in [2.24, 2.45) is 0 Å². The topological polar surface area (TPSA) is 92.3 Å². The number of carboxylic acids is 1. The molecule has 0 fully saturated rings. The highest BCUT2D eigenvalue weighted by Gasteiger charge is 2.09. The van der Waals surface area contributed by atoms with Gasteiger partial charge in [-0.25, -0.2) is 9.78 Å². The van der Waals surface area contributed by atoms with Gasteiger partial charge in [0.1, 0.15) is 18.2 Å². The van der Waals surface area contributed by atoms with Gasteiger partial charge in [-0.05, 0) is 25.5 Å². The van der Waals surface area contributed by atoms with Gasteiger partial charge in [0.15, 0.2) is 5.69 Å². The smallest absolute Gasteiger partial charge is 0.354 e. The van der Waals surface area contributed by atoms with Crippen LogP contribution in [-0.2, 0) is 6.61 Å². The number of aryl methyl sites for hydroxylation is 2. The Labute approximate surface area is 115 Å². The number of aromatic carboxylic acids is 1. The van der Waals surface area contributed by atoms with Crippen LogP contribution in [0.1, 0.15) is 27.4 Å². The van der Waals surface area contributed by atoms with Gasteiger partial charge in [-0.3, -0.25) is 4.79 Å². The first kappa shape index (κ1) is 13.8. The summed E-state index contributed by atoms with van der Waals surface area (Å²) in [5.74, 6) is -0.405. The molecular weight excluding hydrogens is 260 g/mol. The number of aromatic nitrogens is 2. The zero-order valence-electron chi connectivity index (χ0n) is 11.1. The molecule has 0 amide bonds. The van der Waals surface area contributed by atoms with Crippen molar-refractivity contribution in [1.82, 2.24) is 9.97 Å². The maximum atomic E-state index is 11.3. The predicted molar refractivity (Wildman–Crippen MR) is 72.1 cm³/mol. The third-order valence-electron chi connectivity index (χ3n) is 2.70. The molecule has 2 aromatic rings. The minimum Gasteiger partial charge on any atom is -0.485 e. The molecule has 20 heavy (non-hydrogen) atoms. The molecular formula is C14H14N2O4. The van der Waals surface area contributed by atoms with E-state index >= 15 is 0 Å². The third-order valence-corrected chi connectivity index (χ3v) is 2.70. The van der Waals surface area contributed by atoms with Gasteiger partial charge in [0.25, 0.3) is 5.56 Å². The maximum absolute atomic E-state index is 11.3. The van der Waals surface area contributed by atoms with Crippen LogP contribution in [0.4, 0.5) is 0 Å². The summed E-state index contributed by atoms with van der Waals surface area (Å²) in [6.07, 6.45) is 0. The lowest BCUT2D eigenvalue weighted by molar-refractivity contribution is 0.0689. The number of benzene rings is 1. The van der Waals surface area contributed by atoms with Gasteiger partial charge in [-0.15, -0.1) is 0 Å². The molecule has 0 radical (unpaired) electrons. The van der Waals surface area contributed by atoms with E-state index in [0.717, 1.165) is 17.2 Å². The molecule has 104 valence electrons. The summed E-state index contributed by atoms with van der Waals surface area (Å²) < 4.78 is 5.54. The number of aromatic amines is 1. The Morgan fingerprint density at radius 1 is 1.35 bits per heavy atom. The Bertz CT molecular complexity index is 707. The van der Waals surface area contributed by atoms with Crippen LogP contribution in [-0.4, -0.2) is 21.0 Å². The Hall–Kier alpha value is -2.63. The second kappa shape index (κ2) is 5.56. The van der Waals surface area contributed by atoms with Crippen molar-refractivity contribution in [1.29, 1.82) is 0 Å². The molecule has 6 heteroatoms. The Kier molecular flexibility index (Phi) is 3.84. The summed E-state index contributed by atoms with van der Waals surface area (Å²) in [5, 5.41) is 8.84. The molecule has 0 bridgehead atoms. The largest absolute Gasteiger partial charge is 0.485 e. The van der Waals surface area contributed by atoms with Crippen LogP contribution >= 0.6 is 0 Å². The number of rotatable bonds is 4. The van der Waals surface area contributed by atoms with E-state index in [1.807, 2.05) is 32.0 Å². The van der Waals surface area contributed by atoms with E-state index in [1.54, 1.807) is 0 Å². The monoisotopic (exact) mass is 274 g/mol. The highest BCUT2D eigenvalue weighted by molar-refractivity contribution is 5.85. The second-order valence-corrected chi connectivity index (χ2v) is 4.44. The van der Waals surface area contributed by atoms with Crippen LogP contribution < -0.4 is 10.3 Å². The molecule has 0 unspecified atom stereocenters. The Morgan fingerprint density at radius 3 is 2.75 bits per heavy atom. The Morgan fingerprint density at radius 2 is 2.10 bits per heavy atom. The number of hydrogen-bond donors (Lipinski definition) is 2. The summed E-state index contributed by atoms with van der Waals surface area (Å²) in [7, 11) is 0. The molecule has 2 N–H and O–H groups in total. The first-order chi connectivity index (χ1) is 9.45. The number of carbonyl (C=O) groups is 1. The van der Waals surface area contributed by atoms with Gasteiger partial charge >= 0.3 is 5.97 Å². The SMILES string of the molecule is Cc1ccc(OCc2nc(C(=O)O)cc(=O)[nH]2)c(C)c1. The minimum atomic E-state index is -1.25. The maximum Gasteiger partial charge on any atom is 0.354 e. The van der Waals surface area contributed by atoms with E-state index in [0.29, 0.717) is 5.75 Å². The normalized spacial score (nSPS) is 10.3. The highest BCUT2D eigenvalue weighted by atomic mass is 16.5. The van der Waals surface area contributed by atoms with Gasteiger partial charge in [0.2, 0.25) is 0 Å². The van der Waals surface area contributed by atoms with Crippen molar-refractivity contribution < 1.29 is 14.6 Å². The molecule has 0 aliphatic rings. The number of carboxylic acid groups (broad SMARTS) is 1. The lowest BCUT2D eigenvalue weighted by atomic mass is 10.1. The van der Waals surface area contributed by atoms with E-state index in [-0.39, 0.29) is 18.1 Å². The van der Waals surface area contributed by atoms with E-state index in [4.69, 9.17) is 9.84 Å². The van der Waals surface area contributed by atoms with E-state index < -0.39 is 11.5 Å². The average molecular weight is 274 g/mol.